The van der Waals surface area contributed by atoms with Crippen LogP contribution in [0.2, 0.25) is 0 Å². The van der Waals surface area contributed by atoms with Crippen LogP contribution in [0.4, 0.5) is 0 Å². The zero-order valence-corrected chi connectivity index (χ0v) is 13.2. The van der Waals surface area contributed by atoms with E-state index in [1.165, 1.54) is 5.56 Å². The van der Waals surface area contributed by atoms with Gasteiger partial charge in [-0.1, -0.05) is 6.07 Å². The van der Waals surface area contributed by atoms with Gasteiger partial charge in [0.25, 0.3) is 5.91 Å². The molecule has 0 aromatic carbocycles. The molecule has 2 aromatic heterocycles. The molecule has 1 amide bonds. The number of nitrogens with zero attached hydrogens (tertiary/aromatic N) is 3. The molecule has 4 rings (SSSR count). The van der Waals surface area contributed by atoms with Gasteiger partial charge in [0.05, 0.1) is 7.11 Å². The first-order valence-electron chi connectivity index (χ1n) is 8.03. The number of carbonyl (C=O) groups excluding carboxylic acids is 1. The van der Waals surface area contributed by atoms with E-state index in [-0.39, 0.29) is 5.91 Å². The second-order valence-electron chi connectivity index (χ2n) is 6.17. The Morgan fingerprint density at radius 1 is 1.30 bits per heavy atom. The molecule has 0 bridgehead atoms. The predicted octanol–water partition coefficient (Wildman–Crippen LogP) is 2.21. The maximum atomic E-state index is 12.8. The number of ether oxygens (including phenoxy) is 1. The molecule has 1 aliphatic carbocycles. The normalized spacial score (nSPS) is 16.8. The molecule has 0 N–H and O–H groups in total. The van der Waals surface area contributed by atoms with E-state index in [0.717, 1.165) is 30.7 Å². The lowest BCUT2D eigenvalue weighted by Crippen LogP contribution is -2.48. The van der Waals surface area contributed by atoms with Gasteiger partial charge in [0, 0.05) is 36.6 Å². The first kappa shape index (κ1) is 14.2. The monoisotopic (exact) mass is 309 g/mol. The smallest absolute Gasteiger partial charge is 0.259 e. The van der Waals surface area contributed by atoms with Crippen molar-refractivity contribution in [2.24, 2.45) is 0 Å². The maximum absolute atomic E-state index is 12.8. The minimum atomic E-state index is 0.0104. The Bertz CT molecular complexity index is 739. The Morgan fingerprint density at radius 2 is 2.17 bits per heavy atom. The molecule has 0 radical (unpaired) electrons. The lowest BCUT2D eigenvalue weighted by atomic mass is 9.94. The molecule has 1 aliphatic heterocycles. The summed E-state index contributed by atoms with van der Waals surface area (Å²) in [7, 11) is 1.58. The van der Waals surface area contributed by atoms with E-state index in [0.29, 0.717) is 30.5 Å². The molecule has 23 heavy (non-hydrogen) atoms. The van der Waals surface area contributed by atoms with E-state index in [2.05, 4.69) is 9.97 Å². The molecule has 0 saturated carbocycles. The van der Waals surface area contributed by atoms with Gasteiger partial charge in [-0.2, -0.15) is 0 Å². The number of rotatable bonds is 3. The Kier molecular flexibility index (Phi) is 3.48. The number of fused-ring (bicyclic) bond motifs is 1. The Labute approximate surface area is 135 Å². The van der Waals surface area contributed by atoms with Gasteiger partial charge in [-0.25, -0.2) is 4.98 Å². The lowest BCUT2D eigenvalue weighted by Gasteiger charge is -2.39. The first-order valence-corrected chi connectivity index (χ1v) is 8.03. The summed E-state index contributed by atoms with van der Waals surface area (Å²) in [5.41, 5.74) is 3.91. The Balaban J connectivity index is 1.52. The van der Waals surface area contributed by atoms with Crippen molar-refractivity contribution < 1.29 is 9.53 Å². The van der Waals surface area contributed by atoms with E-state index >= 15 is 0 Å². The van der Waals surface area contributed by atoms with Crippen molar-refractivity contribution in [2.75, 3.05) is 20.2 Å². The molecule has 0 atom stereocenters. The van der Waals surface area contributed by atoms with Crippen LogP contribution < -0.4 is 4.74 Å². The van der Waals surface area contributed by atoms with Crippen LogP contribution in [-0.2, 0) is 12.8 Å². The van der Waals surface area contributed by atoms with Gasteiger partial charge in [-0.05, 0) is 43.0 Å². The highest BCUT2D eigenvalue weighted by Crippen LogP contribution is 2.31. The molecule has 1 saturated heterocycles. The predicted molar refractivity (Wildman–Crippen MR) is 85.7 cm³/mol. The molecular weight excluding hydrogens is 290 g/mol. The van der Waals surface area contributed by atoms with Crippen LogP contribution in [0.3, 0.4) is 0 Å². The minimum Gasteiger partial charge on any atom is -0.480 e. The highest BCUT2D eigenvalue weighted by Gasteiger charge is 2.35. The molecule has 3 heterocycles. The van der Waals surface area contributed by atoms with Crippen LogP contribution in [0.5, 0.6) is 5.88 Å². The summed E-state index contributed by atoms with van der Waals surface area (Å²) in [5.74, 6) is 0.793. The zero-order chi connectivity index (χ0) is 15.8. The van der Waals surface area contributed by atoms with Crippen LogP contribution >= 0.6 is 0 Å². The van der Waals surface area contributed by atoms with E-state index < -0.39 is 0 Å². The molecule has 0 spiro atoms. The van der Waals surface area contributed by atoms with Crippen molar-refractivity contribution >= 4 is 5.91 Å². The van der Waals surface area contributed by atoms with E-state index in [4.69, 9.17) is 4.74 Å². The maximum Gasteiger partial charge on any atom is 0.259 e. The fraction of sp³-hybridized carbons (Fsp3) is 0.389. The molecule has 5 heteroatoms. The summed E-state index contributed by atoms with van der Waals surface area (Å²) >= 11 is 0. The van der Waals surface area contributed by atoms with Crippen molar-refractivity contribution in [2.45, 2.75) is 25.2 Å². The van der Waals surface area contributed by atoms with Gasteiger partial charge in [0.2, 0.25) is 5.88 Å². The largest absolute Gasteiger partial charge is 0.480 e. The number of hydrogen-bond donors (Lipinski definition) is 0. The number of methoxy groups -OCH3 is 1. The van der Waals surface area contributed by atoms with Gasteiger partial charge in [0.15, 0.2) is 0 Å². The van der Waals surface area contributed by atoms with Crippen molar-refractivity contribution in [3.8, 4) is 5.88 Å². The number of aromatic nitrogens is 2. The third kappa shape index (κ3) is 2.46. The van der Waals surface area contributed by atoms with Crippen molar-refractivity contribution in [3.05, 3.63) is 53.0 Å². The number of pyridine rings is 2. The highest BCUT2D eigenvalue weighted by atomic mass is 16.5. The lowest BCUT2D eigenvalue weighted by molar-refractivity contribution is 0.0594. The molecule has 2 aromatic rings. The van der Waals surface area contributed by atoms with Crippen LogP contribution in [0.15, 0.2) is 30.5 Å². The third-order valence-electron chi connectivity index (χ3n) is 4.71. The number of hydrogen-bond acceptors (Lipinski definition) is 4. The highest BCUT2D eigenvalue weighted by molar-refractivity contribution is 5.97. The van der Waals surface area contributed by atoms with E-state index in [1.807, 2.05) is 29.2 Å². The van der Waals surface area contributed by atoms with Crippen molar-refractivity contribution in [1.82, 2.24) is 14.9 Å². The Hall–Kier alpha value is -2.43. The SMILES string of the molecule is COc1nc2c(cc1C(=O)N1CC(c3ccccn3)C1)CCC2. The summed E-state index contributed by atoms with van der Waals surface area (Å²) in [6.45, 7) is 1.41. The minimum absolute atomic E-state index is 0.0104. The average molecular weight is 309 g/mol. The molecule has 118 valence electrons. The molecule has 0 unspecified atom stereocenters. The van der Waals surface area contributed by atoms with Crippen molar-refractivity contribution in [1.29, 1.82) is 0 Å². The van der Waals surface area contributed by atoms with Crippen LogP contribution in [-0.4, -0.2) is 41.0 Å². The summed E-state index contributed by atoms with van der Waals surface area (Å²) in [5, 5.41) is 0. The summed E-state index contributed by atoms with van der Waals surface area (Å²) in [4.78, 5) is 23.5. The first-order chi connectivity index (χ1) is 11.3. The van der Waals surface area contributed by atoms with Crippen molar-refractivity contribution in [3.63, 3.8) is 0 Å². The molecule has 1 fully saturated rings. The molecular formula is C18H19N3O2. The summed E-state index contributed by atoms with van der Waals surface area (Å²) < 4.78 is 5.35. The second-order valence-corrected chi connectivity index (χ2v) is 6.17. The van der Waals surface area contributed by atoms with Gasteiger partial charge in [-0.15, -0.1) is 0 Å². The number of amides is 1. The van der Waals surface area contributed by atoms with E-state index in [1.54, 1.807) is 13.3 Å². The molecule has 5 nitrogen and oxygen atoms in total. The van der Waals surface area contributed by atoms with Crippen LogP contribution in [0, 0.1) is 0 Å². The zero-order valence-electron chi connectivity index (χ0n) is 13.2. The second kappa shape index (κ2) is 5.65. The standard InChI is InChI=1S/C18H19N3O2/c1-23-17-14(9-12-5-4-7-16(12)20-17)18(22)21-10-13(11-21)15-6-2-3-8-19-15/h2-3,6,8-9,13H,4-5,7,10-11H2,1H3. The molecule has 2 aliphatic rings. The fourth-order valence-corrected chi connectivity index (χ4v) is 3.38. The summed E-state index contributed by atoms with van der Waals surface area (Å²) in [6.07, 6.45) is 4.89. The fourth-order valence-electron chi connectivity index (χ4n) is 3.38. The van der Waals surface area contributed by atoms with Gasteiger partial charge < -0.3 is 9.64 Å². The van der Waals surface area contributed by atoms with Crippen LogP contribution in [0.1, 0.15) is 39.6 Å². The number of likely N-dealkylation sites (tertiary alicyclic amines) is 1. The number of aryl methyl sites for hydroxylation is 2. The van der Waals surface area contributed by atoms with E-state index in [9.17, 15) is 4.79 Å². The van der Waals surface area contributed by atoms with Gasteiger partial charge >= 0.3 is 0 Å². The quantitative estimate of drug-likeness (QED) is 0.872. The Morgan fingerprint density at radius 3 is 2.91 bits per heavy atom. The van der Waals surface area contributed by atoms with Crippen LogP contribution in [0.25, 0.3) is 0 Å². The van der Waals surface area contributed by atoms with Gasteiger partial charge in [-0.3, -0.25) is 9.78 Å². The topological polar surface area (TPSA) is 55.3 Å². The summed E-state index contributed by atoms with van der Waals surface area (Å²) in [6, 6.07) is 7.89. The average Bonchev–Trinajstić information content (AvgIpc) is 3.00. The van der Waals surface area contributed by atoms with Gasteiger partial charge in [0.1, 0.15) is 5.56 Å². The third-order valence-corrected chi connectivity index (χ3v) is 4.71. The number of carbonyl (C=O) groups is 1.